The number of aromatic nitrogens is 1. The molecular formula is C17H24N2O4S. The van der Waals surface area contributed by atoms with E-state index in [0.717, 1.165) is 37.8 Å². The Hall–Kier alpha value is -1.02. The van der Waals surface area contributed by atoms with Crippen molar-refractivity contribution in [3.63, 3.8) is 0 Å². The van der Waals surface area contributed by atoms with E-state index in [4.69, 9.17) is 9.47 Å². The van der Waals surface area contributed by atoms with Crippen LogP contribution in [0.5, 0.6) is 0 Å². The zero-order chi connectivity index (χ0) is 16.6. The molecule has 4 rings (SSSR count). The van der Waals surface area contributed by atoms with Gasteiger partial charge in [0.15, 0.2) is 0 Å². The zero-order valence-electron chi connectivity index (χ0n) is 13.8. The summed E-state index contributed by atoms with van der Waals surface area (Å²) >= 11 is 0. The molecule has 24 heavy (non-hydrogen) atoms. The Morgan fingerprint density at radius 1 is 1.29 bits per heavy atom. The SMILES string of the molecule is O=S(=O)(C1CC1)N1CCC2(CC1)C[C@@H](OCc1ccccn1)CO2. The highest BCUT2D eigenvalue weighted by Crippen LogP contribution is 2.40. The second-order valence-corrected chi connectivity index (χ2v) is 9.31. The lowest BCUT2D eigenvalue weighted by Gasteiger charge is -2.38. The number of hydrogen-bond donors (Lipinski definition) is 0. The van der Waals surface area contributed by atoms with Gasteiger partial charge in [-0.15, -0.1) is 0 Å². The predicted molar refractivity (Wildman–Crippen MR) is 88.9 cm³/mol. The van der Waals surface area contributed by atoms with Gasteiger partial charge in [0.2, 0.25) is 10.0 Å². The van der Waals surface area contributed by atoms with E-state index in [2.05, 4.69) is 4.98 Å². The summed E-state index contributed by atoms with van der Waals surface area (Å²) in [6.07, 6.45) is 5.86. The van der Waals surface area contributed by atoms with E-state index < -0.39 is 10.0 Å². The summed E-state index contributed by atoms with van der Waals surface area (Å²) < 4.78 is 38.3. The molecule has 132 valence electrons. The summed E-state index contributed by atoms with van der Waals surface area (Å²) in [4.78, 5) is 4.26. The lowest BCUT2D eigenvalue weighted by atomic mass is 9.89. The van der Waals surface area contributed by atoms with Crippen LogP contribution in [0.2, 0.25) is 0 Å². The topological polar surface area (TPSA) is 68.7 Å². The van der Waals surface area contributed by atoms with Gasteiger partial charge in [-0.05, 0) is 37.8 Å². The summed E-state index contributed by atoms with van der Waals surface area (Å²) in [5.41, 5.74) is 0.716. The maximum absolute atomic E-state index is 12.3. The molecule has 2 aliphatic heterocycles. The summed E-state index contributed by atoms with van der Waals surface area (Å²) in [7, 11) is -3.06. The fourth-order valence-corrected chi connectivity index (χ4v) is 5.51. The van der Waals surface area contributed by atoms with Crippen molar-refractivity contribution in [1.29, 1.82) is 0 Å². The molecule has 1 aromatic heterocycles. The van der Waals surface area contributed by atoms with Gasteiger partial charge in [0.1, 0.15) is 0 Å². The maximum atomic E-state index is 12.3. The molecule has 1 aromatic rings. The molecule has 0 aromatic carbocycles. The van der Waals surface area contributed by atoms with E-state index in [9.17, 15) is 8.42 Å². The third kappa shape index (κ3) is 3.35. The van der Waals surface area contributed by atoms with E-state index in [0.29, 0.717) is 26.3 Å². The molecule has 3 fully saturated rings. The van der Waals surface area contributed by atoms with E-state index in [1.54, 1.807) is 10.5 Å². The average molecular weight is 352 g/mol. The highest BCUT2D eigenvalue weighted by atomic mass is 32.2. The lowest BCUT2D eigenvalue weighted by Crippen LogP contribution is -2.47. The Morgan fingerprint density at radius 2 is 2.08 bits per heavy atom. The second kappa shape index (κ2) is 6.37. The highest BCUT2D eigenvalue weighted by Gasteiger charge is 2.47. The van der Waals surface area contributed by atoms with Crippen molar-refractivity contribution >= 4 is 10.0 Å². The molecule has 3 heterocycles. The molecule has 0 unspecified atom stereocenters. The first kappa shape index (κ1) is 16.4. The normalized spacial score (nSPS) is 27.6. The molecule has 1 atom stereocenters. The predicted octanol–water partition coefficient (Wildman–Crippen LogP) is 1.71. The third-order valence-corrected chi connectivity index (χ3v) is 7.71. The first-order valence-corrected chi connectivity index (χ1v) is 10.2. The van der Waals surface area contributed by atoms with Crippen molar-refractivity contribution in [3.8, 4) is 0 Å². The molecule has 0 bridgehead atoms. The van der Waals surface area contributed by atoms with Crippen LogP contribution in [0.3, 0.4) is 0 Å². The van der Waals surface area contributed by atoms with E-state index in [-0.39, 0.29) is 17.0 Å². The van der Waals surface area contributed by atoms with Crippen molar-refractivity contribution in [1.82, 2.24) is 9.29 Å². The van der Waals surface area contributed by atoms with E-state index in [1.165, 1.54) is 0 Å². The van der Waals surface area contributed by atoms with Gasteiger partial charge in [-0.2, -0.15) is 0 Å². The Bertz CT molecular complexity index is 667. The van der Waals surface area contributed by atoms with E-state index >= 15 is 0 Å². The smallest absolute Gasteiger partial charge is 0.216 e. The first-order chi connectivity index (χ1) is 11.6. The quantitative estimate of drug-likeness (QED) is 0.807. The molecule has 1 saturated carbocycles. The fourth-order valence-electron chi connectivity index (χ4n) is 3.67. The molecule has 1 spiro atoms. The monoisotopic (exact) mass is 352 g/mol. The van der Waals surface area contributed by atoms with Gasteiger partial charge in [-0.3, -0.25) is 4.98 Å². The molecule has 1 aliphatic carbocycles. The van der Waals surface area contributed by atoms with Crippen LogP contribution in [0, 0.1) is 0 Å². The summed E-state index contributed by atoms with van der Waals surface area (Å²) in [6, 6.07) is 5.79. The first-order valence-electron chi connectivity index (χ1n) is 8.72. The molecule has 0 N–H and O–H groups in total. The number of pyridine rings is 1. The second-order valence-electron chi connectivity index (χ2n) is 7.10. The number of ether oxygens (including phenoxy) is 2. The van der Waals surface area contributed by atoms with Crippen LogP contribution in [-0.4, -0.2) is 54.4 Å². The molecule has 7 heteroatoms. The third-order valence-electron chi connectivity index (χ3n) is 5.31. The van der Waals surface area contributed by atoms with Gasteiger partial charge in [0.05, 0.1) is 35.9 Å². The van der Waals surface area contributed by atoms with Crippen LogP contribution < -0.4 is 0 Å². The molecular weight excluding hydrogens is 328 g/mol. The maximum Gasteiger partial charge on any atom is 0.216 e. The Balaban J connectivity index is 1.29. The van der Waals surface area contributed by atoms with Crippen LogP contribution in [0.1, 0.15) is 37.8 Å². The largest absolute Gasteiger partial charge is 0.372 e. The van der Waals surface area contributed by atoms with Crippen molar-refractivity contribution in [2.24, 2.45) is 0 Å². The van der Waals surface area contributed by atoms with Gasteiger partial charge in [0, 0.05) is 25.7 Å². The summed E-state index contributed by atoms with van der Waals surface area (Å²) in [6.45, 7) is 2.23. The lowest BCUT2D eigenvalue weighted by molar-refractivity contribution is -0.0344. The Kier molecular flexibility index (Phi) is 4.36. The molecule has 3 aliphatic rings. The summed E-state index contributed by atoms with van der Waals surface area (Å²) in [5, 5.41) is -0.120. The Morgan fingerprint density at radius 3 is 2.75 bits per heavy atom. The van der Waals surface area contributed by atoms with E-state index in [1.807, 2.05) is 18.2 Å². The van der Waals surface area contributed by atoms with Crippen LogP contribution >= 0.6 is 0 Å². The standard InChI is InChI=1S/C17H24N2O4S/c20-24(21,16-4-5-16)19-9-6-17(7-10-19)11-15(13-23-17)22-12-14-3-1-2-8-18-14/h1-3,8,15-16H,4-7,9-13H2/t15-/m1/s1. The number of rotatable bonds is 5. The minimum Gasteiger partial charge on any atom is -0.372 e. The van der Waals surface area contributed by atoms with Gasteiger partial charge in [0.25, 0.3) is 0 Å². The minimum atomic E-state index is -3.06. The molecule has 0 radical (unpaired) electrons. The van der Waals surface area contributed by atoms with Gasteiger partial charge in [-0.1, -0.05) is 6.07 Å². The van der Waals surface area contributed by atoms with Gasteiger partial charge < -0.3 is 9.47 Å². The number of nitrogens with zero attached hydrogens (tertiary/aromatic N) is 2. The van der Waals surface area contributed by atoms with Gasteiger partial charge >= 0.3 is 0 Å². The van der Waals surface area contributed by atoms with Crippen LogP contribution in [-0.2, 0) is 26.1 Å². The van der Waals surface area contributed by atoms with Crippen molar-refractivity contribution in [3.05, 3.63) is 30.1 Å². The van der Waals surface area contributed by atoms with Crippen molar-refractivity contribution in [2.45, 2.75) is 55.7 Å². The number of piperidine rings is 1. The zero-order valence-corrected chi connectivity index (χ0v) is 14.6. The molecule has 0 amide bonds. The average Bonchev–Trinajstić information content (AvgIpc) is 3.39. The Labute approximate surface area is 143 Å². The van der Waals surface area contributed by atoms with Crippen molar-refractivity contribution in [2.75, 3.05) is 19.7 Å². The molecule has 2 saturated heterocycles. The van der Waals surface area contributed by atoms with Crippen LogP contribution in [0.15, 0.2) is 24.4 Å². The molecule has 6 nitrogen and oxygen atoms in total. The van der Waals surface area contributed by atoms with Crippen molar-refractivity contribution < 1.29 is 17.9 Å². The number of hydrogen-bond acceptors (Lipinski definition) is 5. The fraction of sp³-hybridized carbons (Fsp3) is 0.706. The van der Waals surface area contributed by atoms with Gasteiger partial charge in [-0.25, -0.2) is 12.7 Å². The van der Waals surface area contributed by atoms with Crippen LogP contribution in [0.25, 0.3) is 0 Å². The summed E-state index contributed by atoms with van der Waals surface area (Å²) in [5.74, 6) is 0. The minimum absolute atomic E-state index is 0.0681. The van der Waals surface area contributed by atoms with Crippen LogP contribution in [0.4, 0.5) is 0 Å². The highest BCUT2D eigenvalue weighted by molar-refractivity contribution is 7.90. The number of sulfonamides is 1.